The number of carbonyl (C=O) groups excluding carboxylic acids is 2. The first-order valence-corrected chi connectivity index (χ1v) is 13.2. The number of ether oxygens (including phenoxy) is 2. The largest absolute Gasteiger partial charge is 0.478 e. The lowest BCUT2D eigenvalue weighted by molar-refractivity contribution is -0.157. The number of esters is 1. The molecule has 1 aliphatic heterocycles. The highest BCUT2D eigenvalue weighted by molar-refractivity contribution is 6.99. The smallest absolute Gasteiger partial charge is 0.373 e. The van der Waals surface area contributed by atoms with Crippen molar-refractivity contribution in [3.8, 4) is 0 Å². The molecule has 0 saturated heterocycles. The van der Waals surface area contributed by atoms with Crippen molar-refractivity contribution in [3.05, 3.63) is 72.5 Å². The third-order valence-corrected chi connectivity index (χ3v) is 11.0. The second-order valence-corrected chi connectivity index (χ2v) is 13.6. The average Bonchev–Trinajstić information content (AvgIpc) is 2.82. The number of carboxylic acid groups (broad SMARTS) is 1. The van der Waals surface area contributed by atoms with E-state index in [1.54, 1.807) is 0 Å². The number of methoxy groups -OCH3 is 1. The minimum atomic E-state index is -3.16. The van der Waals surface area contributed by atoms with Gasteiger partial charge in [-0.25, -0.2) is 9.59 Å². The third kappa shape index (κ3) is 5.31. The number of hydrogen-bond acceptors (Lipinski definition) is 6. The molecule has 0 saturated carbocycles. The van der Waals surface area contributed by atoms with Crippen molar-refractivity contribution in [2.75, 3.05) is 7.11 Å². The highest BCUT2D eigenvalue weighted by Gasteiger charge is 2.54. The van der Waals surface area contributed by atoms with E-state index in [1.807, 2.05) is 60.7 Å². The van der Waals surface area contributed by atoms with E-state index < -0.39 is 49.5 Å². The first-order valence-electron chi connectivity index (χ1n) is 11.3. The van der Waals surface area contributed by atoms with E-state index in [-0.39, 0.29) is 5.76 Å². The maximum atomic E-state index is 12.4. The lowest BCUT2D eigenvalue weighted by atomic mass is 10.0. The van der Waals surface area contributed by atoms with Gasteiger partial charge in [0.25, 0.3) is 8.32 Å². The molecule has 2 N–H and O–H groups in total. The molecule has 0 aliphatic carbocycles. The summed E-state index contributed by atoms with van der Waals surface area (Å²) in [6, 6.07) is 18.5. The molecule has 0 radical (unpaired) electrons. The molecular formula is C26H31NO7Si. The molecule has 35 heavy (non-hydrogen) atoms. The molecule has 0 spiro atoms. The Hall–Kier alpha value is -3.43. The summed E-state index contributed by atoms with van der Waals surface area (Å²) >= 11 is 0. The number of carboxylic acids is 1. The fourth-order valence-corrected chi connectivity index (χ4v) is 9.13. The molecule has 3 rings (SSSR count). The number of benzene rings is 2. The number of aliphatic carboxylic acids is 1. The summed E-state index contributed by atoms with van der Waals surface area (Å²) in [6.07, 6.45) is -1.14. The van der Waals surface area contributed by atoms with E-state index in [9.17, 15) is 19.5 Å². The minimum Gasteiger partial charge on any atom is -0.478 e. The summed E-state index contributed by atoms with van der Waals surface area (Å²) in [5, 5.41) is 14.1. The van der Waals surface area contributed by atoms with Gasteiger partial charge in [-0.2, -0.15) is 0 Å². The van der Waals surface area contributed by atoms with Crippen LogP contribution in [0, 0.1) is 0 Å². The molecule has 1 amide bonds. The second kappa shape index (κ2) is 10.5. The van der Waals surface area contributed by atoms with Gasteiger partial charge >= 0.3 is 11.9 Å². The Kier molecular flexibility index (Phi) is 7.82. The molecule has 9 heteroatoms. The fraction of sp³-hybridized carbons (Fsp3) is 0.346. The Bertz CT molecular complexity index is 1060. The Morgan fingerprint density at radius 3 is 1.89 bits per heavy atom. The number of carbonyl (C=O) groups is 3. The van der Waals surface area contributed by atoms with Crippen LogP contribution < -0.4 is 15.7 Å². The van der Waals surface area contributed by atoms with Crippen molar-refractivity contribution in [1.82, 2.24) is 5.32 Å². The first-order chi connectivity index (χ1) is 16.5. The minimum absolute atomic E-state index is 0.274. The molecular weight excluding hydrogens is 466 g/mol. The SMILES string of the molecule is COC(=O)C1=C[C@@H](O[Si](c2ccccc2)(c2ccccc2)C(C)(C)C)[C@@H](NC(C)=O)[C@H](C(=O)O)O1. The van der Waals surface area contributed by atoms with Crippen LogP contribution in [0.3, 0.4) is 0 Å². The Morgan fingerprint density at radius 2 is 1.49 bits per heavy atom. The van der Waals surface area contributed by atoms with Crippen molar-refractivity contribution >= 4 is 36.5 Å². The van der Waals surface area contributed by atoms with Crippen LogP contribution in [0.5, 0.6) is 0 Å². The number of nitrogens with one attached hydrogen (secondary N) is 1. The molecule has 0 fully saturated rings. The maximum Gasteiger partial charge on any atom is 0.373 e. The van der Waals surface area contributed by atoms with Crippen molar-refractivity contribution in [2.45, 2.75) is 51.0 Å². The summed E-state index contributed by atoms with van der Waals surface area (Å²) in [5.41, 5.74) is 0. The van der Waals surface area contributed by atoms with Crippen LogP contribution in [0.4, 0.5) is 0 Å². The van der Waals surface area contributed by atoms with Crippen LogP contribution in [0.1, 0.15) is 27.7 Å². The fourth-order valence-electron chi connectivity index (χ4n) is 4.49. The topological polar surface area (TPSA) is 111 Å². The summed E-state index contributed by atoms with van der Waals surface area (Å²) in [4.78, 5) is 36.6. The van der Waals surface area contributed by atoms with Crippen molar-refractivity contribution in [2.24, 2.45) is 0 Å². The quantitative estimate of drug-likeness (QED) is 0.444. The zero-order valence-electron chi connectivity index (χ0n) is 20.5. The van der Waals surface area contributed by atoms with E-state index >= 15 is 0 Å². The predicted octanol–water partition coefficient (Wildman–Crippen LogP) is 1.98. The Balaban J connectivity index is 2.28. The highest BCUT2D eigenvalue weighted by atomic mass is 28.4. The Morgan fingerprint density at radius 1 is 0.971 bits per heavy atom. The van der Waals surface area contributed by atoms with Crippen molar-refractivity contribution in [3.63, 3.8) is 0 Å². The number of amides is 1. The van der Waals surface area contributed by atoms with Crippen LogP contribution in [0.2, 0.25) is 5.04 Å². The van der Waals surface area contributed by atoms with E-state index in [0.29, 0.717) is 0 Å². The average molecular weight is 498 g/mol. The van der Waals surface area contributed by atoms with Crippen LogP contribution in [-0.4, -0.2) is 56.6 Å². The number of rotatable bonds is 7. The summed E-state index contributed by atoms with van der Waals surface area (Å²) in [5.74, 6) is -2.89. The van der Waals surface area contributed by atoms with Gasteiger partial charge in [0.15, 0.2) is 0 Å². The van der Waals surface area contributed by atoms with E-state index in [1.165, 1.54) is 20.1 Å². The molecule has 1 aliphatic rings. The third-order valence-electron chi connectivity index (χ3n) is 5.98. The van der Waals surface area contributed by atoms with Gasteiger partial charge in [0.05, 0.1) is 13.2 Å². The standard InChI is InChI=1S/C26H31NO7Si/c1-17(28)27-22-20(16-21(25(31)32-5)33-23(22)24(29)30)34-35(26(2,3)4,18-12-8-6-9-13-18)19-14-10-7-11-15-19/h6-16,20,22-23H,1-5H3,(H,27,28)(H,29,30)/t20-,22-,23-/m1/s1. The molecule has 186 valence electrons. The van der Waals surface area contributed by atoms with Crippen LogP contribution >= 0.6 is 0 Å². The molecule has 1 heterocycles. The van der Waals surface area contributed by atoms with E-state index in [4.69, 9.17) is 13.9 Å². The molecule has 0 bridgehead atoms. The van der Waals surface area contributed by atoms with E-state index in [0.717, 1.165) is 10.4 Å². The van der Waals surface area contributed by atoms with Gasteiger partial charge in [-0.05, 0) is 21.5 Å². The zero-order valence-corrected chi connectivity index (χ0v) is 21.5. The molecule has 8 nitrogen and oxygen atoms in total. The predicted molar refractivity (Wildman–Crippen MR) is 133 cm³/mol. The van der Waals surface area contributed by atoms with E-state index in [2.05, 4.69) is 26.1 Å². The first kappa shape index (κ1) is 26.2. The lowest BCUT2D eigenvalue weighted by Crippen LogP contribution is -2.70. The Labute approximate surface area is 206 Å². The highest BCUT2D eigenvalue weighted by Crippen LogP contribution is 2.39. The van der Waals surface area contributed by atoms with Crippen LogP contribution in [0.25, 0.3) is 0 Å². The maximum absolute atomic E-state index is 12.4. The summed E-state index contributed by atoms with van der Waals surface area (Å²) in [6.45, 7) is 7.51. The second-order valence-electron chi connectivity index (χ2n) is 9.37. The van der Waals surface area contributed by atoms with Gasteiger partial charge in [0.2, 0.25) is 17.8 Å². The molecule has 2 aromatic rings. The molecule has 3 atom stereocenters. The van der Waals surface area contributed by atoms with Gasteiger partial charge in [0.1, 0.15) is 6.04 Å². The van der Waals surface area contributed by atoms with Crippen LogP contribution in [-0.2, 0) is 28.3 Å². The zero-order chi connectivity index (χ0) is 25.8. The monoisotopic (exact) mass is 497 g/mol. The molecule has 0 aromatic heterocycles. The van der Waals surface area contributed by atoms with Gasteiger partial charge in [-0.3, -0.25) is 4.79 Å². The van der Waals surface area contributed by atoms with Crippen LogP contribution in [0.15, 0.2) is 72.5 Å². The molecule has 2 aromatic carbocycles. The van der Waals surface area contributed by atoms with Gasteiger partial charge in [-0.15, -0.1) is 0 Å². The van der Waals surface area contributed by atoms with Gasteiger partial charge < -0.3 is 24.3 Å². The van der Waals surface area contributed by atoms with Crippen molar-refractivity contribution in [1.29, 1.82) is 0 Å². The summed E-state index contributed by atoms with van der Waals surface area (Å²) in [7, 11) is -1.98. The summed E-state index contributed by atoms with van der Waals surface area (Å²) < 4.78 is 17.3. The van der Waals surface area contributed by atoms with Gasteiger partial charge in [-0.1, -0.05) is 81.4 Å². The number of hydrogen-bond donors (Lipinski definition) is 2. The van der Waals surface area contributed by atoms with Gasteiger partial charge in [0, 0.05) is 6.92 Å². The van der Waals surface area contributed by atoms with Crippen molar-refractivity contribution < 1.29 is 33.4 Å². The molecule has 0 unspecified atom stereocenters. The lowest BCUT2D eigenvalue weighted by Gasteiger charge is -2.47. The normalized spacial score (nSPS) is 20.3.